The van der Waals surface area contributed by atoms with Crippen molar-refractivity contribution in [2.24, 2.45) is 0 Å². The first-order chi connectivity index (χ1) is 12.1. The molecule has 0 aromatic heterocycles. The highest BCUT2D eigenvalue weighted by molar-refractivity contribution is 5.91. The number of rotatable bonds is 4. The van der Waals surface area contributed by atoms with E-state index in [0.717, 1.165) is 5.56 Å². The quantitative estimate of drug-likeness (QED) is 0.809. The van der Waals surface area contributed by atoms with Crippen LogP contribution in [0.3, 0.4) is 0 Å². The Bertz CT molecular complexity index is 650. The molecular formula is C17H20N2O6. The van der Waals surface area contributed by atoms with E-state index in [1.807, 2.05) is 30.3 Å². The first kappa shape index (κ1) is 17.2. The summed E-state index contributed by atoms with van der Waals surface area (Å²) in [7, 11) is 1.26. The molecule has 8 heteroatoms. The van der Waals surface area contributed by atoms with Gasteiger partial charge in [0.05, 0.1) is 13.7 Å². The van der Waals surface area contributed by atoms with Gasteiger partial charge in [-0.25, -0.2) is 9.59 Å². The van der Waals surface area contributed by atoms with Crippen molar-refractivity contribution in [3.05, 3.63) is 35.9 Å². The van der Waals surface area contributed by atoms with Crippen LogP contribution < -0.4 is 5.32 Å². The summed E-state index contributed by atoms with van der Waals surface area (Å²) in [4.78, 5) is 37.7. The fourth-order valence-electron chi connectivity index (χ4n) is 3.05. The maximum atomic E-state index is 12.6. The Morgan fingerprint density at radius 2 is 2.04 bits per heavy atom. The van der Waals surface area contributed by atoms with Crippen molar-refractivity contribution in [1.29, 1.82) is 0 Å². The smallest absolute Gasteiger partial charge is 0.408 e. The lowest BCUT2D eigenvalue weighted by atomic mass is 10.0. The van der Waals surface area contributed by atoms with Crippen LogP contribution in [0.5, 0.6) is 0 Å². The number of benzene rings is 1. The van der Waals surface area contributed by atoms with Gasteiger partial charge in [-0.2, -0.15) is 0 Å². The standard InChI is InChI=1S/C17H20N2O6/c1-23-16(21)13-10-24-14-8-7-12(15(20)19(13)14)18-17(22)25-9-11-5-3-2-4-6-11/h2-6,12-14H,7-10H2,1H3,(H,18,22)/t12-,13-,14-/m0/s1. The first-order valence-electron chi connectivity index (χ1n) is 8.09. The Kier molecular flexibility index (Phi) is 5.18. The monoisotopic (exact) mass is 348 g/mol. The van der Waals surface area contributed by atoms with E-state index in [4.69, 9.17) is 14.2 Å². The van der Waals surface area contributed by atoms with E-state index in [0.29, 0.717) is 12.8 Å². The number of nitrogens with one attached hydrogen (secondary N) is 1. The van der Waals surface area contributed by atoms with Crippen LogP contribution in [0.25, 0.3) is 0 Å². The number of nitrogens with zero attached hydrogens (tertiary/aromatic N) is 1. The van der Waals surface area contributed by atoms with Crippen molar-refractivity contribution >= 4 is 18.0 Å². The minimum absolute atomic E-state index is 0.105. The average Bonchev–Trinajstić information content (AvgIpc) is 3.07. The van der Waals surface area contributed by atoms with Crippen LogP contribution in [-0.4, -0.2) is 54.9 Å². The molecule has 2 amide bonds. The zero-order valence-electron chi connectivity index (χ0n) is 13.8. The van der Waals surface area contributed by atoms with Crippen LogP contribution in [0.2, 0.25) is 0 Å². The summed E-state index contributed by atoms with van der Waals surface area (Å²) in [6, 6.07) is 7.74. The predicted molar refractivity (Wildman–Crippen MR) is 85.2 cm³/mol. The van der Waals surface area contributed by atoms with Crippen molar-refractivity contribution in [2.45, 2.75) is 37.8 Å². The second-order valence-corrected chi connectivity index (χ2v) is 5.91. The van der Waals surface area contributed by atoms with E-state index in [-0.39, 0.29) is 19.1 Å². The van der Waals surface area contributed by atoms with Gasteiger partial charge < -0.3 is 19.5 Å². The average molecular weight is 348 g/mol. The summed E-state index contributed by atoms with van der Waals surface area (Å²) in [6.07, 6.45) is -0.164. The highest BCUT2D eigenvalue weighted by atomic mass is 16.6. The van der Waals surface area contributed by atoms with Crippen molar-refractivity contribution < 1.29 is 28.6 Å². The fourth-order valence-corrected chi connectivity index (χ4v) is 3.05. The fraction of sp³-hybridized carbons (Fsp3) is 0.471. The molecule has 2 aliphatic rings. The predicted octanol–water partition coefficient (Wildman–Crippen LogP) is 0.802. The van der Waals surface area contributed by atoms with Crippen molar-refractivity contribution in [2.75, 3.05) is 13.7 Å². The van der Waals surface area contributed by atoms with Crippen molar-refractivity contribution in [3.63, 3.8) is 0 Å². The highest BCUT2D eigenvalue weighted by Gasteiger charge is 2.48. The normalized spacial score (nSPS) is 25.2. The Morgan fingerprint density at radius 3 is 2.76 bits per heavy atom. The van der Waals surface area contributed by atoms with E-state index >= 15 is 0 Å². The molecule has 1 aromatic carbocycles. The third kappa shape index (κ3) is 3.74. The SMILES string of the molecule is COC(=O)[C@@H]1CO[C@H]2CC[C@H](NC(=O)OCc3ccccc3)C(=O)N21. The zero-order chi connectivity index (χ0) is 17.8. The van der Waals surface area contributed by atoms with Gasteiger partial charge >= 0.3 is 12.1 Å². The van der Waals surface area contributed by atoms with Crippen LogP contribution in [0.4, 0.5) is 4.79 Å². The second-order valence-electron chi connectivity index (χ2n) is 5.91. The molecule has 0 bridgehead atoms. The molecule has 3 atom stereocenters. The van der Waals surface area contributed by atoms with E-state index in [2.05, 4.69) is 5.32 Å². The van der Waals surface area contributed by atoms with Gasteiger partial charge in [-0.1, -0.05) is 30.3 Å². The molecule has 2 fully saturated rings. The number of piperidine rings is 1. The van der Waals surface area contributed by atoms with Gasteiger partial charge in [-0.15, -0.1) is 0 Å². The molecule has 0 aliphatic carbocycles. The summed E-state index contributed by atoms with van der Waals surface area (Å²) in [5.41, 5.74) is 0.853. The number of hydrogen-bond acceptors (Lipinski definition) is 6. The summed E-state index contributed by atoms with van der Waals surface area (Å²) in [6.45, 7) is 0.224. The summed E-state index contributed by atoms with van der Waals surface area (Å²) < 4.78 is 15.3. The van der Waals surface area contributed by atoms with Gasteiger partial charge in [0.2, 0.25) is 5.91 Å². The number of carbonyl (C=O) groups is 3. The first-order valence-corrected chi connectivity index (χ1v) is 8.09. The highest BCUT2D eigenvalue weighted by Crippen LogP contribution is 2.28. The molecule has 2 aliphatic heterocycles. The number of alkyl carbamates (subject to hydrolysis) is 1. The topological polar surface area (TPSA) is 94.2 Å². The van der Waals surface area contributed by atoms with Gasteiger partial charge in [0.25, 0.3) is 0 Å². The lowest BCUT2D eigenvalue weighted by Gasteiger charge is -2.35. The van der Waals surface area contributed by atoms with E-state index in [1.165, 1.54) is 12.0 Å². The zero-order valence-corrected chi connectivity index (χ0v) is 13.8. The summed E-state index contributed by atoms with van der Waals surface area (Å²) in [5, 5.41) is 2.57. The second kappa shape index (κ2) is 7.52. The van der Waals surface area contributed by atoms with Crippen molar-refractivity contribution in [1.82, 2.24) is 10.2 Å². The molecule has 0 radical (unpaired) electrons. The van der Waals surface area contributed by atoms with Gasteiger partial charge in [0.15, 0.2) is 6.04 Å². The van der Waals surface area contributed by atoms with E-state index in [1.54, 1.807) is 0 Å². The molecule has 0 spiro atoms. The molecule has 2 heterocycles. The number of fused-ring (bicyclic) bond motifs is 1. The van der Waals surface area contributed by atoms with Crippen molar-refractivity contribution in [3.8, 4) is 0 Å². The lowest BCUT2D eigenvalue weighted by Crippen LogP contribution is -2.58. The Balaban J connectivity index is 1.57. The molecule has 1 N–H and O–H groups in total. The summed E-state index contributed by atoms with van der Waals surface area (Å²) >= 11 is 0. The minimum Gasteiger partial charge on any atom is -0.467 e. The number of amides is 2. The number of methoxy groups -OCH3 is 1. The van der Waals surface area contributed by atoms with Crippen LogP contribution in [-0.2, 0) is 30.4 Å². The summed E-state index contributed by atoms with van der Waals surface area (Å²) in [5.74, 6) is -0.885. The van der Waals surface area contributed by atoms with Gasteiger partial charge in [-0.3, -0.25) is 9.69 Å². The Hall–Kier alpha value is -2.61. The molecule has 0 saturated carbocycles. The molecule has 2 saturated heterocycles. The maximum Gasteiger partial charge on any atom is 0.408 e. The van der Waals surface area contributed by atoms with Crippen LogP contribution in [0.1, 0.15) is 18.4 Å². The molecule has 25 heavy (non-hydrogen) atoms. The van der Waals surface area contributed by atoms with E-state index in [9.17, 15) is 14.4 Å². The lowest BCUT2D eigenvalue weighted by molar-refractivity contribution is -0.156. The van der Waals surface area contributed by atoms with Crippen LogP contribution in [0, 0.1) is 0 Å². The Morgan fingerprint density at radius 1 is 1.28 bits per heavy atom. The molecule has 8 nitrogen and oxygen atoms in total. The number of hydrogen-bond donors (Lipinski definition) is 1. The number of ether oxygens (including phenoxy) is 3. The van der Waals surface area contributed by atoms with Gasteiger partial charge in [0, 0.05) is 0 Å². The van der Waals surface area contributed by atoms with Gasteiger partial charge in [-0.05, 0) is 18.4 Å². The number of carbonyl (C=O) groups excluding carboxylic acids is 3. The maximum absolute atomic E-state index is 12.6. The third-order valence-electron chi connectivity index (χ3n) is 4.33. The van der Waals surface area contributed by atoms with Gasteiger partial charge in [0.1, 0.15) is 18.9 Å². The molecule has 0 unspecified atom stereocenters. The third-order valence-corrected chi connectivity index (χ3v) is 4.33. The van der Waals surface area contributed by atoms with Crippen LogP contribution >= 0.6 is 0 Å². The van der Waals surface area contributed by atoms with Crippen LogP contribution in [0.15, 0.2) is 30.3 Å². The molecule has 3 rings (SSSR count). The Labute approximate surface area is 145 Å². The minimum atomic E-state index is -0.771. The molecule has 1 aromatic rings. The van der Waals surface area contributed by atoms with E-state index < -0.39 is 30.4 Å². The molecular weight excluding hydrogens is 328 g/mol. The largest absolute Gasteiger partial charge is 0.467 e. The molecule has 134 valence electrons. The number of esters is 1.